The molecular weight excluding hydrogens is 334 g/mol. The Balaban J connectivity index is 1.93. The van der Waals surface area contributed by atoms with Crippen molar-refractivity contribution in [3.05, 3.63) is 67.8 Å². The van der Waals surface area contributed by atoms with Crippen molar-refractivity contribution in [3.63, 3.8) is 0 Å². The van der Waals surface area contributed by atoms with Gasteiger partial charge in [-0.2, -0.15) is 0 Å². The molecule has 7 heteroatoms. The normalized spacial score (nSPS) is 12.3. The molecule has 4 rings (SSSR count). The van der Waals surface area contributed by atoms with E-state index in [2.05, 4.69) is 10.2 Å². The largest absolute Gasteiger partial charge is 0.462 e. The van der Waals surface area contributed by atoms with Crippen LogP contribution in [-0.2, 0) is 0 Å². The second-order valence-electron chi connectivity index (χ2n) is 5.02. The molecule has 0 aliphatic carbocycles. The average Bonchev–Trinajstić information content (AvgIpc) is 3.19. The van der Waals surface area contributed by atoms with Crippen LogP contribution in [0.4, 0.5) is 0 Å². The maximum Gasteiger partial charge on any atom is 0.276 e. The standard InChI is InChI=1S/C16H10ClN3O2S/c1-9-5-6-12(22-9)8-13-15(21)20-14(18-19-16(20)23-13)10-3-2-4-11(17)7-10/h2-8H,1H3. The highest BCUT2D eigenvalue weighted by molar-refractivity contribution is 7.15. The van der Waals surface area contributed by atoms with Gasteiger partial charge < -0.3 is 4.42 Å². The van der Waals surface area contributed by atoms with Gasteiger partial charge >= 0.3 is 0 Å². The fourth-order valence-electron chi connectivity index (χ4n) is 2.34. The number of thiazole rings is 1. The van der Waals surface area contributed by atoms with Crippen LogP contribution >= 0.6 is 22.9 Å². The number of hydrogen-bond acceptors (Lipinski definition) is 5. The smallest absolute Gasteiger partial charge is 0.276 e. The lowest BCUT2D eigenvalue weighted by Crippen LogP contribution is -2.23. The van der Waals surface area contributed by atoms with Gasteiger partial charge in [-0.15, -0.1) is 10.2 Å². The molecule has 0 aliphatic heterocycles. The third kappa shape index (κ3) is 2.46. The lowest BCUT2D eigenvalue weighted by Gasteiger charge is -1.97. The topological polar surface area (TPSA) is 60.4 Å². The first-order valence-corrected chi connectivity index (χ1v) is 8.03. The molecule has 4 aromatic rings. The Bertz CT molecular complexity index is 1130. The predicted molar refractivity (Wildman–Crippen MR) is 89.8 cm³/mol. The molecule has 5 nitrogen and oxygen atoms in total. The van der Waals surface area contributed by atoms with E-state index in [1.54, 1.807) is 18.2 Å². The molecule has 0 atom stereocenters. The van der Waals surface area contributed by atoms with Crippen LogP contribution in [0.3, 0.4) is 0 Å². The minimum atomic E-state index is -0.168. The molecule has 0 radical (unpaired) electrons. The monoisotopic (exact) mass is 343 g/mol. The average molecular weight is 344 g/mol. The molecule has 114 valence electrons. The van der Waals surface area contributed by atoms with Crippen LogP contribution in [0.5, 0.6) is 0 Å². The summed E-state index contributed by atoms with van der Waals surface area (Å²) in [5.74, 6) is 1.92. The van der Waals surface area contributed by atoms with Crippen LogP contribution in [-0.4, -0.2) is 14.6 Å². The van der Waals surface area contributed by atoms with E-state index in [4.69, 9.17) is 16.0 Å². The number of halogens is 1. The molecule has 1 aromatic carbocycles. The minimum Gasteiger partial charge on any atom is -0.462 e. The van der Waals surface area contributed by atoms with E-state index in [9.17, 15) is 4.79 Å². The van der Waals surface area contributed by atoms with E-state index in [-0.39, 0.29) is 5.56 Å². The van der Waals surface area contributed by atoms with Gasteiger partial charge in [0, 0.05) is 16.7 Å². The number of fused-ring (bicyclic) bond motifs is 1. The van der Waals surface area contributed by atoms with Crippen LogP contribution in [0.15, 0.2) is 45.6 Å². The zero-order chi connectivity index (χ0) is 16.0. The van der Waals surface area contributed by atoms with Crippen molar-refractivity contribution in [2.45, 2.75) is 6.92 Å². The van der Waals surface area contributed by atoms with Crippen LogP contribution in [0.2, 0.25) is 5.02 Å². The third-order valence-corrected chi connectivity index (χ3v) is 4.56. The van der Waals surface area contributed by atoms with E-state index >= 15 is 0 Å². The summed E-state index contributed by atoms with van der Waals surface area (Å²) in [6.07, 6.45) is 1.72. The summed E-state index contributed by atoms with van der Waals surface area (Å²) >= 11 is 7.29. The zero-order valence-electron chi connectivity index (χ0n) is 12.0. The summed E-state index contributed by atoms with van der Waals surface area (Å²) in [4.78, 5) is 13.2. The van der Waals surface area contributed by atoms with E-state index in [0.717, 1.165) is 11.3 Å². The van der Waals surface area contributed by atoms with Gasteiger partial charge in [0.15, 0.2) is 5.82 Å². The van der Waals surface area contributed by atoms with Gasteiger partial charge in [0.05, 0.1) is 0 Å². The van der Waals surface area contributed by atoms with Gasteiger partial charge in [-0.1, -0.05) is 35.1 Å². The molecule has 0 N–H and O–H groups in total. The van der Waals surface area contributed by atoms with Crippen molar-refractivity contribution in [1.82, 2.24) is 14.6 Å². The van der Waals surface area contributed by atoms with Crippen LogP contribution in [0.1, 0.15) is 11.5 Å². The molecule has 3 heterocycles. The first-order valence-electron chi connectivity index (χ1n) is 6.84. The summed E-state index contributed by atoms with van der Waals surface area (Å²) in [6.45, 7) is 1.86. The molecule has 23 heavy (non-hydrogen) atoms. The van der Waals surface area contributed by atoms with E-state index in [0.29, 0.717) is 26.1 Å². The number of hydrogen-bond donors (Lipinski definition) is 0. The molecule has 0 saturated carbocycles. The fourth-order valence-corrected chi connectivity index (χ4v) is 3.42. The van der Waals surface area contributed by atoms with Gasteiger partial charge in [-0.3, -0.25) is 4.79 Å². The minimum absolute atomic E-state index is 0.168. The molecule has 0 amide bonds. The molecule has 0 fully saturated rings. The van der Waals surface area contributed by atoms with E-state index in [1.807, 2.05) is 31.2 Å². The van der Waals surface area contributed by atoms with Crippen molar-refractivity contribution in [2.75, 3.05) is 0 Å². The maximum absolute atomic E-state index is 12.7. The number of furan rings is 1. The summed E-state index contributed by atoms with van der Waals surface area (Å²) in [6, 6.07) is 10.9. The summed E-state index contributed by atoms with van der Waals surface area (Å²) < 4.78 is 7.54. The number of aryl methyl sites for hydroxylation is 1. The Morgan fingerprint density at radius 2 is 2.13 bits per heavy atom. The Hall–Kier alpha value is -2.44. The SMILES string of the molecule is Cc1ccc(C=c2sc3nnc(-c4cccc(Cl)c4)n3c2=O)o1. The van der Waals surface area contributed by atoms with Crippen molar-refractivity contribution in [2.24, 2.45) is 0 Å². The van der Waals surface area contributed by atoms with Crippen LogP contribution in [0, 0.1) is 6.92 Å². The summed E-state index contributed by atoms with van der Waals surface area (Å²) in [5, 5.41) is 8.78. The molecule has 0 unspecified atom stereocenters. The van der Waals surface area contributed by atoms with Crippen molar-refractivity contribution in [1.29, 1.82) is 0 Å². The quantitative estimate of drug-likeness (QED) is 0.561. The molecule has 3 aromatic heterocycles. The predicted octanol–water partition coefficient (Wildman–Crippen LogP) is 2.92. The number of benzene rings is 1. The molecule has 0 saturated heterocycles. The van der Waals surface area contributed by atoms with Gasteiger partial charge in [0.25, 0.3) is 5.56 Å². The van der Waals surface area contributed by atoms with Crippen molar-refractivity contribution in [3.8, 4) is 11.4 Å². The molecule has 0 aliphatic rings. The molecule has 0 spiro atoms. The number of aromatic nitrogens is 3. The van der Waals surface area contributed by atoms with E-state index < -0.39 is 0 Å². The van der Waals surface area contributed by atoms with Crippen LogP contribution in [0.25, 0.3) is 22.4 Å². The summed E-state index contributed by atoms with van der Waals surface area (Å²) in [7, 11) is 0. The first-order chi connectivity index (χ1) is 11.1. The zero-order valence-corrected chi connectivity index (χ0v) is 13.6. The lowest BCUT2D eigenvalue weighted by atomic mass is 10.2. The first kappa shape index (κ1) is 14.2. The Labute approximate surface area is 139 Å². The highest BCUT2D eigenvalue weighted by Gasteiger charge is 2.14. The Morgan fingerprint density at radius 1 is 1.26 bits per heavy atom. The molecule has 0 bridgehead atoms. The Morgan fingerprint density at radius 3 is 2.87 bits per heavy atom. The second kappa shape index (κ2) is 5.33. The van der Waals surface area contributed by atoms with E-state index in [1.165, 1.54) is 15.7 Å². The van der Waals surface area contributed by atoms with Gasteiger partial charge in [0.1, 0.15) is 16.1 Å². The number of nitrogens with zero attached hydrogens (tertiary/aromatic N) is 3. The van der Waals surface area contributed by atoms with Crippen molar-refractivity contribution < 1.29 is 4.42 Å². The number of rotatable bonds is 2. The second-order valence-corrected chi connectivity index (χ2v) is 6.46. The van der Waals surface area contributed by atoms with Crippen LogP contribution < -0.4 is 10.1 Å². The summed E-state index contributed by atoms with van der Waals surface area (Å²) in [5.41, 5.74) is 0.583. The van der Waals surface area contributed by atoms with Crippen molar-refractivity contribution >= 4 is 34.0 Å². The third-order valence-electron chi connectivity index (χ3n) is 3.37. The maximum atomic E-state index is 12.7. The lowest BCUT2D eigenvalue weighted by molar-refractivity contribution is 0.525. The van der Waals surface area contributed by atoms with Gasteiger partial charge in [-0.25, -0.2) is 4.40 Å². The highest BCUT2D eigenvalue weighted by atomic mass is 35.5. The molecular formula is C16H10ClN3O2S. The highest BCUT2D eigenvalue weighted by Crippen LogP contribution is 2.21. The van der Waals surface area contributed by atoms with Gasteiger partial charge in [-0.05, 0) is 31.2 Å². The van der Waals surface area contributed by atoms with Gasteiger partial charge in [0.2, 0.25) is 4.96 Å². The Kier molecular flexibility index (Phi) is 3.28. The fraction of sp³-hybridized carbons (Fsp3) is 0.0625.